The van der Waals surface area contributed by atoms with Crippen LogP contribution in [0.25, 0.3) is 0 Å². The first-order valence-electron chi connectivity index (χ1n) is 10.3. The Balaban J connectivity index is 1.80. The van der Waals surface area contributed by atoms with Crippen LogP contribution in [0.3, 0.4) is 0 Å². The number of carbonyl (C=O) groups is 2. The lowest BCUT2D eigenvalue weighted by Gasteiger charge is -2.32. The molecule has 1 aromatic rings. The Kier molecular flexibility index (Phi) is 8.11. The summed E-state index contributed by atoms with van der Waals surface area (Å²) in [6.45, 7) is 7.24. The Bertz CT molecular complexity index is 678. The van der Waals surface area contributed by atoms with E-state index in [-0.39, 0.29) is 29.3 Å². The van der Waals surface area contributed by atoms with Gasteiger partial charge in [-0.1, -0.05) is 26.7 Å². The molecule has 0 aromatic heterocycles. The van der Waals surface area contributed by atoms with Crippen molar-refractivity contribution in [3.05, 3.63) is 35.4 Å². The van der Waals surface area contributed by atoms with E-state index in [0.29, 0.717) is 31.8 Å². The van der Waals surface area contributed by atoms with Gasteiger partial charge in [0.15, 0.2) is 0 Å². The zero-order valence-electron chi connectivity index (χ0n) is 17.4. The summed E-state index contributed by atoms with van der Waals surface area (Å²) in [5, 5.41) is 3.07. The second kappa shape index (κ2) is 10.1. The highest BCUT2D eigenvalue weighted by molar-refractivity contribution is 5.94. The lowest BCUT2D eigenvalue weighted by Crippen LogP contribution is -2.44. The minimum absolute atomic E-state index is 0.0312. The van der Waals surface area contributed by atoms with E-state index in [9.17, 15) is 22.8 Å². The number of carbonyl (C=O) groups excluding carboxylic acids is 2. The first-order valence-corrected chi connectivity index (χ1v) is 10.3. The van der Waals surface area contributed by atoms with E-state index < -0.39 is 11.7 Å². The van der Waals surface area contributed by atoms with Crippen LogP contribution in [0.4, 0.5) is 13.2 Å². The summed E-state index contributed by atoms with van der Waals surface area (Å²) < 4.78 is 38.0. The largest absolute Gasteiger partial charge is 0.416 e. The fraction of sp³-hybridized carbons (Fsp3) is 0.636. The first kappa shape index (κ1) is 23.2. The standard InChI is InChI=1S/C22H31F3N2O2/c1-15(2)5-4-6-16(3)26-20(28)17-11-13-27(14-12-17)21(29)18-7-9-19(10-8-18)22(23,24)25/h7-10,15-17H,4-6,11-14H2,1-3H3,(H,26,28). The molecule has 1 unspecified atom stereocenters. The van der Waals surface area contributed by atoms with Gasteiger partial charge in [0.25, 0.3) is 5.91 Å². The lowest BCUT2D eigenvalue weighted by molar-refractivity contribution is -0.137. The highest BCUT2D eigenvalue weighted by Crippen LogP contribution is 2.29. The van der Waals surface area contributed by atoms with Crippen molar-refractivity contribution in [2.24, 2.45) is 11.8 Å². The normalized spacial score (nSPS) is 16.7. The minimum Gasteiger partial charge on any atom is -0.353 e. The number of amides is 2. The van der Waals surface area contributed by atoms with Crippen molar-refractivity contribution >= 4 is 11.8 Å². The number of likely N-dealkylation sites (tertiary alicyclic amines) is 1. The van der Waals surface area contributed by atoms with E-state index in [4.69, 9.17) is 0 Å². The predicted octanol–water partition coefficient (Wildman–Crippen LogP) is 4.89. The van der Waals surface area contributed by atoms with Crippen LogP contribution >= 0.6 is 0 Å². The van der Waals surface area contributed by atoms with Gasteiger partial charge in [-0.3, -0.25) is 9.59 Å². The molecule has 2 rings (SSSR count). The van der Waals surface area contributed by atoms with Gasteiger partial charge in [-0.15, -0.1) is 0 Å². The summed E-state index contributed by atoms with van der Waals surface area (Å²) >= 11 is 0. The molecular weight excluding hydrogens is 381 g/mol. The molecule has 2 amide bonds. The van der Waals surface area contributed by atoms with E-state index in [0.717, 1.165) is 31.4 Å². The van der Waals surface area contributed by atoms with Gasteiger partial charge in [0.1, 0.15) is 0 Å². The van der Waals surface area contributed by atoms with Gasteiger partial charge in [-0.25, -0.2) is 0 Å². The SMILES string of the molecule is CC(C)CCCC(C)NC(=O)C1CCN(C(=O)c2ccc(C(F)(F)F)cc2)CC1. The highest BCUT2D eigenvalue weighted by Gasteiger charge is 2.31. The molecule has 1 aliphatic heterocycles. The fourth-order valence-electron chi connectivity index (χ4n) is 3.59. The number of hydrogen-bond acceptors (Lipinski definition) is 2. The number of nitrogens with zero attached hydrogens (tertiary/aromatic N) is 1. The average molecular weight is 412 g/mol. The van der Waals surface area contributed by atoms with Crippen LogP contribution in [-0.4, -0.2) is 35.8 Å². The molecule has 162 valence electrons. The van der Waals surface area contributed by atoms with E-state index in [1.165, 1.54) is 12.1 Å². The van der Waals surface area contributed by atoms with Crippen molar-refractivity contribution in [1.82, 2.24) is 10.2 Å². The van der Waals surface area contributed by atoms with Crippen molar-refractivity contribution in [1.29, 1.82) is 0 Å². The molecule has 4 nitrogen and oxygen atoms in total. The number of rotatable bonds is 7. The number of benzene rings is 1. The van der Waals surface area contributed by atoms with Gasteiger partial charge < -0.3 is 10.2 Å². The molecule has 7 heteroatoms. The van der Waals surface area contributed by atoms with Gasteiger partial charge >= 0.3 is 6.18 Å². The molecular formula is C22H31F3N2O2. The molecule has 1 aromatic carbocycles. The zero-order valence-corrected chi connectivity index (χ0v) is 17.4. The van der Waals surface area contributed by atoms with Crippen molar-refractivity contribution in [3.8, 4) is 0 Å². The first-order chi connectivity index (χ1) is 13.6. The second-order valence-electron chi connectivity index (χ2n) is 8.38. The Morgan fingerprint density at radius 1 is 1.07 bits per heavy atom. The van der Waals surface area contributed by atoms with Crippen molar-refractivity contribution < 1.29 is 22.8 Å². The lowest BCUT2D eigenvalue weighted by atomic mass is 9.94. The number of piperidine rings is 1. The van der Waals surface area contributed by atoms with Crippen LogP contribution < -0.4 is 5.32 Å². The quantitative estimate of drug-likeness (QED) is 0.693. The van der Waals surface area contributed by atoms with E-state index in [1.807, 2.05) is 6.92 Å². The summed E-state index contributed by atoms with van der Waals surface area (Å²) in [7, 11) is 0. The predicted molar refractivity (Wildman–Crippen MR) is 106 cm³/mol. The Morgan fingerprint density at radius 2 is 1.66 bits per heavy atom. The molecule has 0 aliphatic carbocycles. The summed E-state index contributed by atoms with van der Waals surface area (Å²) in [6.07, 6.45) is -0.105. The van der Waals surface area contributed by atoms with Crippen molar-refractivity contribution in [2.75, 3.05) is 13.1 Å². The van der Waals surface area contributed by atoms with Gasteiger partial charge in [0.05, 0.1) is 5.56 Å². The molecule has 0 radical (unpaired) electrons. The summed E-state index contributed by atoms with van der Waals surface area (Å²) in [5.74, 6) is 0.270. The molecule has 0 spiro atoms. The van der Waals surface area contributed by atoms with E-state index in [1.54, 1.807) is 4.90 Å². The van der Waals surface area contributed by atoms with E-state index in [2.05, 4.69) is 19.2 Å². The number of hydrogen-bond donors (Lipinski definition) is 1. The Morgan fingerprint density at radius 3 is 2.17 bits per heavy atom. The maximum absolute atomic E-state index is 12.7. The third-order valence-electron chi connectivity index (χ3n) is 5.42. The molecule has 1 aliphatic rings. The Hall–Kier alpha value is -2.05. The van der Waals surface area contributed by atoms with Gasteiger partial charge in [0.2, 0.25) is 5.91 Å². The van der Waals surface area contributed by atoms with Crippen LogP contribution in [0.2, 0.25) is 0 Å². The summed E-state index contributed by atoms with van der Waals surface area (Å²) in [4.78, 5) is 26.6. The molecule has 0 bridgehead atoms. The zero-order chi connectivity index (χ0) is 21.6. The maximum atomic E-state index is 12.7. The van der Waals surface area contributed by atoms with Gasteiger partial charge in [-0.05, 0) is 56.4 Å². The molecule has 1 saturated heterocycles. The van der Waals surface area contributed by atoms with Gasteiger partial charge in [-0.2, -0.15) is 13.2 Å². The number of nitrogens with one attached hydrogen (secondary N) is 1. The summed E-state index contributed by atoms with van der Waals surface area (Å²) in [5.41, 5.74) is -0.536. The highest BCUT2D eigenvalue weighted by atomic mass is 19.4. The molecule has 1 atom stereocenters. The van der Waals surface area contributed by atoms with Crippen LogP contribution in [0.1, 0.15) is 68.8 Å². The smallest absolute Gasteiger partial charge is 0.353 e. The van der Waals surface area contributed by atoms with Crippen LogP contribution in [0.15, 0.2) is 24.3 Å². The molecule has 0 saturated carbocycles. The van der Waals surface area contributed by atoms with Crippen molar-refractivity contribution in [2.45, 2.75) is 65.1 Å². The monoisotopic (exact) mass is 412 g/mol. The van der Waals surface area contributed by atoms with E-state index >= 15 is 0 Å². The molecule has 1 heterocycles. The third kappa shape index (κ3) is 7.05. The number of alkyl halides is 3. The number of halogens is 3. The molecule has 29 heavy (non-hydrogen) atoms. The van der Waals surface area contributed by atoms with Crippen LogP contribution in [-0.2, 0) is 11.0 Å². The van der Waals surface area contributed by atoms with Crippen LogP contribution in [0, 0.1) is 11.8 Å². The van der Waals surface area contributed by atoms with Gasteiger partial charge in [0, 0.05) is 30.6 Å². The molecule has 1 N–H and O–H groups in total. The third-order valence-corrected chi connectivity index (χ3v) is 5.42. The van der Waals surface area contributed by atoms with Crippen molar-refractivity contribution in [3.63, 3.8) is 0 Å². The Labute approximate surface area is 170 Å². The minimum atomic E-state index is -4.42. The fourth-order valence-corrected chi connectivity index (χ4v) is 3.59. The topological polar surface area (TPSA) is 49.4 Å². The van der Waals surface area contributed by atoms with Crippen LogP contribution in [0.5, 0.6) is 0 Å². The average Bonchev–Trinajstić information content (AvgIpc) is 2.66. The second-order valence-corrected chi connectivity index (χ2v) is 8.38. The summed E-state index contributed by atoms with van der Waals surface area (Å²) in [6, 6.07) is 4.40. The maximum Gasteiger partial charge on any atom is 0.416 e. The molecule has 1 fully saturated rings.